The standard InChI is InChI=1S/C24H31ClFN3O4S/c1-4-22(24(31)27-5-2)28(17-18-9-6-7-10-21(18)25)23(30)11-8-16-29(34(3,32)33)20-14-12-19(26)13-15-20/h6-7,9-10,12-15,22H,4-5,8,11,16-17H2,1-3H3,(H,27,31)/t22-/m0/s1. The first-order valence-corrected chi connectivity index (χ1v) is 13.3. The fourth-order valence-electron chi connectivity index (χ4n) is 3.63. The van der Waals surface area contributed by atoms with Crippen molar-refractivity contribution >= 4 is 39.1 Å². The first-order chi connectivity index (χ1) is 16.1. The van der Waals surface area contributed by atoms with Crippen LogP contribution in [0.1, 0.15) is 38.7 Å². The lowest BCUT2D eigenvalue weighted by Crippen LogP contribution is -2.49. The van der Waals surface area contributed by atoms with E-state index in [1.807, 2.05) is 13.0 Å². The molecule has 2 rings (SSSR count). The van der Waals surface area contributed by atoms with Crippen LogP contribution in [0.5, 0.6) is 0 Å². The van der Waals surface area contributed by atoms with E-state index in [1.54, 1.807) is 25.1 Å². The van der Waals surface area contributed by atoms with Crippen LogP contribution in [0.25, 0.3) is 0 Å². The number of halogens is 2. The van der Waals surface area contributed by atoms with Gasteiger partial charge in [-0.1, -0.05) is 36.7 Å². The van der Waals surface area contributed by atoms with Crippen LogP contribution in [-0.4, -0.2) is 50.5 Å². The Morgan fingerprint density at radius 2 is 1.74 bits per heavy atom. The third-order valence-corrected chi connectivity index (χ3v) is 6.87. The second-order valence-electron chi connectivity index (χ2n) is 7.85. The molecule has 0 spiro atoms. The number of anilines is 1. The van der Waals surface area contributed by atoms with Gasteiger partial charge in [0, 0.05) is 31.1 Å². The molecular weight excluding hydrogens is 481 g/mol. The Morgan fingerprint density at radius 1 is 1.09 bits per heavy atom. The third kappa shape index (κ3) is 7.70. The van der Waals surface area contributed by atoms with Gasteiger partial charge < -0.3 is 10.2 Å². The summed E-state index contributed by atoms with van der Waals surface area (Å²) in [5, 5.41) is 3.26. The van der Waals surface area contributed by atoms with E-state index in [0.717, 1.165) is 10.6 Å². The van der Waals surface area contributed by atoms with Gasteiger partial charge in [-0.3, -0.25) is 13.9 Å². The summed E-state index contributed by atoms with van der Waals surface area (Å²) >= 11 is 6.30. The quantitative estimate of drug-likeness (QED) is 0.467. The van der Waals surface area contributed by atoms with Gasteiger partial charge in [0.1, 0.15) is 11.9 Å². The number of carbonyl (C=O) groups is 2. The van der Waals surface area contributed by atoms with E-state index in [0.29, 0.717) is 29.2 Å². The summed E-state index contributed by atoms with van der Waals surface area (Å²) in [4.78, 5) is 27.4. The minimum absolute atomic E-state index is 0.0214. The topological polar surface area (TPSA) is 86.8 Å². The smallest absolute Gasteiger partial charge is 0.242 e. The van der Waals surface area contributed by atoms with E-state index in [9.17, 15) is 22.4 Å². The molecule has 0 radical (unpaired) electrons. The highest BCUT2D eigenvalue weighted by atomic mass is 35.5. The van der Waals surface area contributed by atoms with Crippen molar-refractivity contribution in [2.24, 2.45) is 0 Å². The van der Waals surface area contributed by atoms with Gasteiger partial charge in [-0.05, 0) is 55.7 Å². The maximum atomic E-state index is 13.3. The number of hydrogen-bond donors (Lipinski definition) is 1. The lowest BCUT2D eigenvalue weighted by atomic mass is 10.1. The summed E-state index contributed by atoms with van der Waals surface area (Å²) in [6, 6.07) is 11.6. The molecule has 186 valence electrons. The molecule has 34 heavy (non-hydrogen) atoms. The maximum Gasteiger partial charge on any atom is 0.242 e. The van der Waals surface area contributed by atoms with Gasteiger partial charge >= 0.3 is 0 Å². The first-order valence-electron chi connectivity index (χ1n) is 11.1. The fourth-order valence-corrected chi connectivity index (χ4v) is 4.79. The molecule has 0 bridgehead atoms. The molecule has 0 aromatic heterocycles. The van der Waals surface area contributed by atoms with Crippen LogP contribution in [0, 0.1) is 5.82 Å². The molecule has 0 aliphatic carbocycles. The summed E-state index contributed by atoms with van der Waals surface area (Å²) in [7, 11) is -3.64. The molecule has 1 atom stereocenters. The van der Waals surface area contributed by atoms with Crippen LogP contribution >= 0.6 is 11.6 Å². The Hall–Kier alpha value is -2.65. The molecule has 7 nitrogen and oxygen atoms in total. The van der Waals surface area contributed by atoms with Gasteiger partial charge in [0.05, 0.1) is 11.9 Å². The van der Waals surface area contributed by atoms with Crippen molar-refractivity contribution in [2.75, 3.05) is 23.7 Å². The number of benzene rings is 2. The van der Waals surface area contributed by atoms with Crippen LogP contribution in [0.2, 0.25) is 5.02 Å². The highest BCUT2D eigenvalue weighted by molar-refractivity contribution is 7.92. The zero-order chi connectivity index (χ0) is 25.3. The summed E-state index contributed by atoms with van der Waals surface area (Å²) in [6.45, 7) is 4.26. The normalized spacial score (nSPS) is 12.1. The van der Waals surface area contributed by atoms with Gasteiger partial charge in [-0.2, -0.15) is 0 Å². The van der Waals surface area contributed by atoms with Crippen molar-refractivity contribution in [2.45, 2.75) is 45.7 Å². The van der Waals surface area contributed by atoms with Crippen LogP contribution in [0.15, 0.2) is 48.5 Å². The summed E-state index contributed by atoms with van der Waals surface area (Å²) in [6.07, 6.45) is 1.71. The molecule has 0 saturated carbocycles. The number of nitrogens with one attached hydrogen (secondary N) is 1. The van der Waals surface area contributed by atoms with Crippen molar-refractivity contribution in [1.82, 2.24) is 10.2 Å². The molecule has 0 aliphatic rings. The van der Waals surface area contributed by atoms with Gasteiger partial charge in [0.15, 0.2) is 0 Å². The average Bonchev–Trinajstić information content (AvgIpc) is 2.78. The Kier molecular flexibility index (Phi) is 10.3. The number of rotatable bonds is 12. The van der Waals surface area contributed by atoms with E-state index >= 15 is 0 Å². The largest absolute Gasteiger partial charge is 0.355 e. The Labute approximate surface area is 205 Å². The Bertz CT molecular complexity index is 1080. The molecular formula is C24H31ClFN3O4S. The first kappa shape index (κ1) is 27.6. The second kappa shape index (κ2) is 12.7. The number of nitrogens with zero attached hydrogens (tertiary/aromatic N) is 2. The average molecular weight is 512 g/mol. The molecule has 2 amide bonds. The van der Waals surface area contributed by atoms with Gasteiger partial charge in [-0.25, -0.2) is 12.8 Å². The number of amides is 2. The van der Waals surface area contributed by atoms with Crippen molar-refractivity contribution in [3.63, 3.8) is 0 Å². The monoisotopic (exact) mass is 511 g/mol. The highest BCUT2D eigenvalue weighted by Gasteiger charge is 2.29. The van der Waals surface area contributed by atoms with Crippen LogP contribution in [0.3, 0.4) is 0 Å². The van der Waals surface area contributed by atoms with E-state index in [4.69, 9.17) is 11.6 Å². The lowest BCUT2D eigenvalue weighted by Gasteiger charge is -2.31. The Balaban J connectivity index is 2.20. The van der Waals surface area contributed by atoms with Gasteiger partial charge in [-0.15, -0.1) is 0 Å². The highest BCUT2D eigenvalue weighted by Crippen LogP contribution is 2.22. The van der Waals surface area contributed by atoms with E-state index in [1.165, 1.54) is 29.2 Å². The summed E-state index contributed by atoms with van der Waals surface area (Å²) < 4.78 is 39.0. The lowest BCUT2D eigenvalue weighted by molar-refractivity contribution is -0.141. The fraction of sp³-hybridized carbons (Fsp3) is 0.417. The van der Waals surface area contributed by atoms with Gasteiger partial charge in [0.2, 0.25) is 21.8 Å². The molecule has 0 saturated heterocycles. The zero-order valence-electron chi connectivity index (χ0n) is 19.6. The van der Waals surface area contributed by atoms with Crippen molar-refractivity contribution < 1.29 is 22.4 Å². The van der Waals surface area contributed by atoms with E-state index in [2.05, 4.69) is 5.32 Å². The van der Waals surface area contributed by atoms with Crippen LogP contribution in [0.4, 0.5) is 10.1 Å². The molecule has 0 unspecified atom stereocenters. The van der Waals surface area contributed by atoms with Crippen LogP contribution < -0.4 is 9.62 Å². The third-order valence-electron chi connectivity index (χ3n) is 5.30. The zero-order valence-corrected chi connectivity index (χ0v) is 21.2. The number of hydrogen-bond acceptors (Lipinski definition) is 4. The predicted octanol–water partition coefficient (Wildman–Crippen LogP) is 3.97. The molecule has 1 N–H and O–H groups in total. The molecule has 2 aromatic carbocycles. The molecule has 0 aliphatic heterocycles. The SMILES string of the molecule is CCNC(=O)[C@H](CC)N(Cc1ccccc1Cl)C(=O)CCCN(c1ccc(F)cc1)S(C)(=O)=O. The van der Waals surface area contributed by atoms with Crippen molar-refractivity contribution in [3.05, 3.63) is 64.9 Å². The van der Waals surface area contributed by atoms with Crippen molar-refractivity contribution in [1.29, 1.82) is 0 Å². The van der Waals surface area contributed by atoms with Gasteiger partial charge in [0.25, 0.3) is 0 Å². The van der Waals surface area contributed by atoms with Crippen molar-refractivity contribution in [3.8, 4) is 0 Å². The summed E-state index contributed by atoms with van der Waals surface area (Å²) in [5.41, 5.74) is 1.03. The summed E-state index contributed by atoms with van der Waals surface area (Å²) in [5.74, 6) is -1.02. The molecule has 2 aromatic rings. The maximum absolute atomic E-state index is 13.3. The van der Waals surface area contributed by atoms with E-state index in [-0.39, 0.29) is 37.7 Å². The molecule has 0 fully saturated rings. The van der Waals surface area contributed by atoms with Crippen LogP contribution in [-0.2, 0) is 26.2 Å². The Morgan fingerprint density at radius 3 is 2.29 bits per heavy atom. The predicted molar refractivity (Wildman–Crippen MR) is 133 cm³/mol. The minimum Gasteiger partial charge on any atom is -0.355 e. The minimum atomic E-state index is -3.64. The number of carbonyl (C=O) groups excluding carboxylic acids is 2. The number of sulfonamides is 1. The number of likely N-dealkylation sites (N-methyl/N-ethyl adjacent to an activating group) is 1. The van der Waals surface area contributed by atoms with E-state index < -0.39 is 21.9 Å². The second-order valence-corrected chi connectivity index (χ2v) is 10.2. The molecule has 0 heterocycles. The molecule has 10 heteroatoms.